The van der Waals surface area contributed by atoms with Gasteiger partial charge in [0.15, 0.2) is 5.11 Å². The van der Waals surface area contributed by atoms with E-state index >= 15 is 0 Å². The number of hydrogen-bond donors (Lipinski definition) is 1. The van der Waals surface area contributed by atoms with Gasteiger partial charge in [0.1, 0.15) is 0 Å². The third-order valence-corrected chi connectivity index (χ3v) is 4.41. The topological polar surface area (TPSA) is 52.6 Å². The Kier molecular flexibility index (Phi) is 4.26. The van der Waals surface area contributed by atoms with E-state index in [4.69, 9.17) is 23.8 Å². The van der Waals surface area contributed by atoms with E-state index in [-0.39, 0.29) is 5.11 Å². The fourth-order valence-corrected chi connectivity index (χ4v) is 2.93. The molecule has 0 aliphatic carbocycles. The minimum absolute atomic E-state index is 0.190. The molecule has 1 aliphatic heterocycles. The first kappa shape index (κ1) is 16.4. The van der Waals surface area contributed by atoms with Crippen LogP contribution in [0.15, 0.2) is 42.5 Å². The van der Waals surface area contributed by atoms with Crippen molar-refractivity contribution in [3.8, 4) is 0 Å². The fourth-order valence-electron chi connectivity index (χ4n) is 2.46. The van der Waals surface area contributed by atoms with Gasteiger partial charge in [0.25, 0.3) is 11.8 Å². The number of benzene rings is 2. The second kappa shape index (κ2) is 6.22. The number of amides is 2. The first-order chi connectivity index (χ1) is 11.4. The molecule has 0 radical (unpaired) electrons. The van der Waals surface area contributed by atoms with Crippen LogP contribution in [0.5, 0.6) is 0 Å². The molecule has 0 atom stereocenters. The summed E-state index contributed by atoms with van der Waals surface area (Å²) in [7, 11) is 1.55. The molecule has 2 aromatic carbocycles. The minimum Gasteiger partial charge on any atom is -0.330 e. The second-order valence-corrected chi connectivity index (χ2v) is 6.20. The predicted octanol–water partition coefficient (Wildman–Crippen LogP) is 3.49. The van der Waals surface area contributed by atoms with Gasteiger partial charge in [0.2, 0.25) is 0 Å². The Morgan fingerprint density at radius 2 is 1.71 bits per heavy atom. The highest BCUT2D eigenvalue weighted by Gasteiger charge is 2.38. The van der Waals surface area contributed by atoms with Crippen molar-refractivity contribution in [1.82, 2.24) is 10.0 Å². The third-order valence-electron chi connectivity index (χ3n) is 3.73. The van der Waals surface area contributed by atoms with Gasteiger partial charge in [0, 0.05) is 7.05 Å². The van der Waals surface area contributed by atoms with E-state index in [1.807, 2.05) is 13.0 Å². The smallest absolute Gasteiger partial charge is 0.280 e. The number of aryl methyl sites for hydroxylation is 1. The van der Waals surface area contributed by atoms with Crippen LogP contribution in [0.3, 0.4) is 0 Å². The molecule has 0 saturated carbocycles. The molecule has 1 aliphatic rings. The Morgan fingerprint density at radius 3 is 2.25 bits per heavy atom. The summed E-state index contributed by atoms with van der Waals surface area (Å²) in [6.07, 6.45) is 0. The highest BCUT2D eigenvalue weighted by atomic mass is 35.5. The van der Waals surface area contributed by atoms with Gasteiger partial charge < -0.3 is 5.32 Å². The molecule has 1 heterocycles. The number of nitrogens with zero attached hydrogens (tertiary/aromatic N) is 2. The molecule has 0 spiro atoms. The number of carbonyl (C=O) groups excluding carboxylic acids is 2. The van der Waals surface area contributed by atoms with Crippen molar-refractivity contribution in [2.75, 3.05) is 12.4 Å². The van der Waals surface area contributed by atoms with Gasteiger partial charge in [-0.25, -0.2) is 0 Å². The zero-order valence-corrected chi connectivity index (χ0v) is 14.6. The quantitative estimate of drug-likeness (QED) is 0.657. The highest BCUT2D eigenvalue weighted by Crippen LogP contribution is 2.26. The highest BCUT2D eigenvalue weighted by molar-refractivity contribution is 7.80. The molecular formula is C17H14ClN3O2S. The standard InChI is InChI=1S/C17H14ClN3O2S/c1-10-7-8-14(13(18)9-10)19-17(24)20(2)21-15(22)11-5-3-4-6-12(11)16(21)23/h3-9H,1-2H3,(H,19,24). The van der Waals surface area contributed by atoms with Gasteiger partial charge in [-0.3, -0.25) is 14.6 Å². The van der Waals surface area contributed by atoms with E-state index in [9.17, 15) is 9.59 Å². The normalized spacial score (nSPS) is 13.0. The van der Waals surface area contributed by atoms with Gasteiger partial charge in [-0.1, -0.05) is 29.8 Å². The van der Waals surface area contributed by atoms with Crippen LogP contribution in [0.2, 0.25) is 5.02 Å². The number of halogens is 1. The molecule has 2 aromatic rings. The van der Waals surface area contributed by atoms with Crippen molar-refractivity contribution in [3.05, 3.63) is 64.2 Å². The van der Waals surface area contributed by atoms with Crippen LogP contribution < -0.4 is 5.32 Å². The van der Waals surface area contributed by atoms with Gasteiger partial charge in [0.05, 0.1) is 21.8 Å². The molecule has 0 bridgehead atoms. The van der Waals surface area contributed by atoms with Crippen molar-refractivity contribution in [2.45, 2.75) is 6.92 Å². The van der Waals surface area contributed by atoms with Crippen molar-refractivity contribution in [1.29, 1.82) is 0 Å². The number of anilines is 1. The van der Waals surface area contributed by atoms with Gasteiger partial charge >= 0.3 is 0 Å². The van der Waals surface area contributed by atoms with Crippen LogP contribution in [0, 0.1) is 6.92 Å². The summed E-state index contributed by atoms with van der Waals surface area (Å²) in [6.45, 7) is 1.93. The van der Waals surface area contributed by atoms with Crippen molar-refractivity contribution >= 4 is 46.4 Å². The zero-order chi connectivity index (χ0) is 17.4. The average Bonchev–Trinajstić information content (AvgIpc) is 2.81. The minimum atomic E-state index is -0.405. The molecular weight excluding hydrogens is 346 g/mol. The summed E-state index contributed by atoms with van der Waals surface area (Å²) in [5.74, 6) is -0.811. The van der Waals surface area contributed by atoms with E-state index < -0.39 is 11.8 Å². The summed E-state index contributed by atoms with van der Waals surface area (Å²) in [5.41, 5.74) is 2.36. The number of hydrogen-bond acceptors (Lipinski definition) is 3. The van der Waals surface area contributed by atoms with Crippen LogP contribution in [-0.2, 0) is 0 Å². The molecule has 0 aromatic heterocycles. The van der Waals surface area contributed by atoms with E-state index in [1.54, 1.807) is 43.4 Å². The summed E-state index contributed by atoms with van der Waals surface area (Å²) < 4.78 is 0. The first-order valence-corrected chi connectivity index (χ1v) is 7.97. The Labute approximate surface area is 149 Å². The van der Waals surface area contributed by atoms with Crippen LogP contribution in [0.4, 0.5) is 5.69 Å². The molecule has 0 unspecified atom stereocenters. The van der Waals surface area contributed by atoms with E-state index in [0.29, 0.717) is 21.8 Å². The Balaban J connectivity index is 1.82. The third kappa shape index (κ3) is 2.74. The largest absolute Gasteiger partial charge is 0.330 e. The van der Waals surface area contributed by atoms with Gasteiger partial charge in [-0.05, 0) is 49.0 Å². The molecule has 5 nitrogen and oxygen atoms in total. The average molecular weight is 360 g/mol. The summed E-state index contributed by atoms with van der Waals surface area (Å²) >= 11 is 11.5. The maximum Gasteiger partial charge on any atom is 0.280 e. The van der Waals surface area contributed by atoms with Crippen molar-refractivity contribution in [3.63, 3.8) is 0 Å². The second-order valence-electron chi connectivity index (χ2n) is 5.40. The molecule has 24 heavy (non-hydrogen) atoms. The lowest BCUT2D eigenvalue weighted by Gasteiger charge is -2.28. The molecule has 7 heteroatoms. The maximum atomic E-state index is 12.5. The lowest BCUT2D eigenvalue weighted by molar-refractivity contribution is 0.0366. The first-order valence-electron chi connectivity index (χ1n) is 7.18. The van der Waals surface area contributed by atoms with Crippen LogP contribution in [0.25, 0.3) is 0 Å². The number of fused-ring (bicyclic) bond motifs is 1. The Morgan fingerprint density at radius 1 is 1.12 bits per heavy atom. The van der Waals surface area contributed by atoms with Crippen molar-refractivity contribution < 1.29 is 9.59 Å². The molecule has 0 saturated heterocycles. The number of nitrogens with one attached hydrogen (secondary N) is 1. The van der Waals surface area contributed by atoms with Gasteiger partial charge in [-0.2, -0.15) is 5.01 Å². The lowest BCUT2D eigenvalue weighted by atomic mass is 10.1. The summed E-state index contributed by atoms with van der Waals surface area (Å²) in [6, 6.07) is 12.2. The van der Waals surface area contributed by atoms with E-state index in [0.717, 1.165) is 10.6 Å². The number of carbonyl (C=O) groups is 2. The molecule has 1 N–H and O–H groups in total. The molecule has 2 amide bonds. The number of thiocarbonyl (C=S) groups is 1. The molecule has 122 valence electrons. The van der Waals surface area contributed by atoms with E-state index in [2.05, 4.69) is 5.32 Å². The van der Waals surface area contributed by atoms with E-state index in [1.165, 1.54) is 5.01 Å². The molecule has 0 fully saturated rings. The maximum absolute atomic E-state index is 12.5. The Bertz CT molecular complexity index is 834. The molecule has 3 rings (SSSR count). The fraction of sp³-hybridized carbons (Fsp3) is 0.118. The SMILES string of the molecule is Cc1ccc(NC(=S)N(C)N2C(=O)c3ccccc3C2=O)c(Cl)c1. The van der Waals surface area contributed by atoms with Gasteiger partial charge in [-0.15, -0.1) is 0 Å². The summed E-state index contributed by atoms with van der Waals surface area (Å²) in [4.78, 5) is 24.9. The summed E-state index contributed by atoms with van der Waals surface area (Å²) in [5, 5.41) is 5.99. The van der Waals surface area contributed by atoms with Crippen LogP contribution >= 0.6 is 23.8 Å². The van der Waals surface area contributed by atoms with Crippen molar-refractivity contribution in [2.24, 2.45) is 0 Å². The Hall–Kier alpha value is -2.44. The number of rotatable bonds is 2. The lowest BCUT2D eigenvalue weighted by Crippen LogP contribution is -2.48. The number of imide groups is 1. The monoisotopic (exact) mass is 359 g/mol. The zero-order valence-electron chi connectivity index (χ0n) is 13.0. The predicted molar refractivity (Wildman–Crippen MR) is 97.1 cm³/mol. The number of hydrazine groups is 1. The van der Waals surface area contributed by atoms with Crippen LogP contribution in [-0.4, -0.2) is 34.0 Å². The van der Waals surface area contributed by atoms with Crippen LogP contribution in [0.1, 0.15) is 26.3 Å².